The van der Waals surface area contributed by atoms with Gasteiger partial charge < -0.3 is 24.1 Å². The second-order valence-electron chi connectivity index (χ2n) is 7.09. The standard InChI is InChI=1S/C17H25N3O7/c1-3-25-15(23)18(2)12-10-17(26-11-12)6-8-19(9-7-17)16(24)27-20-13(21)4-5-14(20)22/h12H,3-11H2,1-2H3. The second-order valence-corrected chi connectivity index (χ2v) is 7.09. The van der Waals surface area contributed by atoms with E-state index in [4.69, 9.17) is 14.3 Å². The van der Waals surface area contributed by atoms with Crippen LogP contribution in [-0.2, 0) is 23.9 Å². The summed E-state index contributed by atoms with van der Waals surface area (Å²) in [6.07, 6.45) is 0.926. The number of imide groups is 1. The third-order valence-corrected chi connectivity index (χ3v) is 5.40. The number of piperidine rings is 1. The number of nitrogens with zero attached hydrogens (tertiary/aromatic N) is 3. The molecule has 3 fully saturated rings. The Kier molecular flexibility index (Phi) is 5.54. The van der Waals surface area contributed by atoms with Gasteiger partial charge in [0.1, 0.15) is 0 Å². The fraction of sp³-hybridized carbons (Fsp3) is 0.765. The van der Waals surface area contributed by atoms with E-state index in [1.165, 1.54) is 4.90 Å². The van der Waals surface area contributed by atoms with Crippen LogP contribution in [0.1, 0.15) is 39.0 Å². The van der Waals surface area contributed by atoms with Gasteiger partial charge in [0.2, 0.25) is 0 Å². The van der Waals surface area contributed by atoms with E-state index in [2.05, 4.69) is 0 Å². The minimum atomic E-state index is -0.702. The highest BCUT2D eigenvalue weighted by Gasteiger charge is 2.46. The van der Waals surface area contributed by atoms with Crippen LogP contribution in [0.5, 0.6) is 0 Å². The summed E-state index contributed by atoms with van der Waals surface area (Å²) >= 11 is 0. The van der Waals surface area contributed by atoms with Crippen molar-refractivity contribution >= 4 is 24.0 Å². The molecular formula is C17H25N3O7. The molecule has 3 heterocycles. The number of amides is 4. The van der Waals surface area contributed by atoms with Gasteiger partial charge in [-0.05, 0) is 26.2 Å². The van der Waals surface area contributed by atoms with Crippen LogP contribution < -0.4 is 0 Å². The van der Waals surface area contributed by atoms with Gasteiger partial charge in [0.15, 0.2) is 0 Å². The van der Waals surface area contributed by atoms with Crippen LogP contribution >= 0.6 is 0 Å². The minimum absolute atomic E-state index is 0.0672. The van der Waals surface area contributed by atoms with Gasteiger partial charge in [-0.25, -0.2) is 9.59 Å². The van der Waals surface area contributed by atoms with Crippen molar-refractivity contribution in [3.63, 3.8) is 0 Å². The Hall–Kier alpha value is -2.36. The predicted octanol–water partition coefficient (Wildman–Crippen LogP) is 0.899. The van der Waals surface area contributed by atoms with E-state index in [-0.39, 0.29) is 30.6 Å². The average molecular weight is 383 g/mol. The molecule has 0 aromatic rings. The molecule has 0 aromatic heterocycles. The summed E-state index contributed by atoms with van der Waals surface area (Å²) in [4.78, 5) is 55.2. The fourth-order valence-electron chi connectivity index (χ4n) is 3.68. The van der Waals surface area contributed by atoms with Crippen molar-refractivity contribution in [2.45, 2.75) is 50.7 Å². The first-order valence-electron chi connectivity index (χ1n) is 9.21. The lowest BCUT2D eigenvalue weighted by atomic mass is 9.87. The number of likely N-dealkylation sites (N-methyl/N-ethyl adjacent to an activating group) is 1. The molecule has 4 amide bonds. The van der Waals surface area contributed by atoms with Gasteiger partial charge in [-0.2, -0.15) is 0 Å². The number of hydroxylamine groups is 2. The maximum atomic E-state index is 12.2. The Labute approximate surface area is 157 Å². The smallest absolute Gasteiger partial charge is 0.434 e. The Balaban J connectivity index is 1.50. The Morgan fingerprint density at radius 1 is 1.22 bits per heavy atom. The third kappa shape index (κ3) is 4.00. The lowest BCUT2D eigenvalue weighted by molar-refractivity contribution is -0.174. The van der Waals surface area contributed by atoms with E-state index in [1.54, 1.807) is 18.9 Å². The first-order chi connectivity index (χ1) is 12.8. The van der Waals surface area contributed by atoms with Gasteiger partial charge in [-0.3, -0.25) is 9.59 Å². The number of carbonyl (C=O) groups is 4. The maximum Gasteiger partial charge on any atom is 0.434 e. The molecule has 0 N–H and O–H groups in total. The van der Waals surface area contributed by atoms with E-state index in [9.17, 15) is 19.2 Å². The number of likely N-dealkylation sites (tertiary alicyclic amines) is 1. The average Bonchev–Trinajstić information content (AvgIpc) is 3.20. The van der Waals surface area contributed by atoms with Gasteiger partial charge in [0.25, 0.3) is 11.8 Å². The maximum absolute atomic E-state index is 12.2. The quantitative estimate of drug-likeness (QED) is 0.667. The fourth-order valence-corrected chi connectivity index (χ4v) is 3.68. The van der Waals surface area contributed by atoms with Crippen molar-refractivity contribution in [2.75, 3.05) is 33.4 Å². The summed E-state index contributed by atoms with van der Waals surface area (Å²) in [7, 11) is 1.70. The lowest BCUT2D eigenvalue weighted by Crippen LogP contribution is -2.49. The summed E-state index contributed by atoms with van der Waals surface area (Å²) < 4.78 is 11.0. The zero-order valence-electron chi connectivity index (χ0n) is 15.6. The summed E-state index contributed by atoms with van der Waals surface area (Å²) in [6.45, 7) is 3.30. The summed E-state index contributed by atoms with van der Waals surface area (Å²) in [6, 6.07) is -0.0672. The normalized spacial score (nSPS) is 24.4. The van der Waals surface area contributed by atoms with Crippen molar-refractivity contribution in [2.24, 2.45) is 0 Å². The topological polar surface area (TPSA) is 106 Å². The minimum Gasteiger partial charge on any atom is -0.450 e. The van der Waals surface area contributed by atoms with Crippen molar-refractivity contribution in [1.29, 1.82) is 0 Å². The Bertz CT molecular complexity index is 614. The highest BCUT2D eigenvalue weighted by molar-refractivity contribution is 6.01. The molecule has 3 aliphatic heterocycles. The number of ether oxygens (including phenoxy) is 2. The van der Waals surface area contributed by atoms with Crippen molar-refractivity contribution in [3.05, 3.63) is 0 Å². The summed E-state index contributed by atoms with van der Waals surface area (Å²) in [5, 5.41) is 0.559. The predicted molar refractivity (Wildman–Crippen MR) is 90.2 cm³/mol. The highest BCUT2D eigenvalue weighted by atomic mass is 16.7. The van der Waals surface area contributed by atoms with Gasteiger partial charge in [0, 0.05) is 33.0 Å². The van der Waals surface area contributed by atoms with E-state index in [1.807, 2.05) is 0 Å². The molecule has 10 heteroatoms. The molecule has 150 valence electrons. The Morgan fingerprint density at radius 3 is 2.44 bits per heavy atom. The van der Waals surface area contributed by atoms with E-state index in [0.29, 0.717) is 50.6 Å². The van der Waals surface area contributed by atoms with E-state index < -0.39 is 17.9 Å². The third-order valence-electron chi connectivity index (χ3n) is 5.40. The molecule has 0 aromatic carbocycles. The summed E-state index contributed by atoms with van der Waals surface area (Å²) in [5.74, 6) is -0.989. The molecule has 0 aliphatic carbocycles. The molecule has 3 rings (SSSR count). The van der Waals surface area contributed by atoms with Crippen LogP contribution in [-0.4, -0.2) is 83.9 Å². The lowest BCUT2D eigenvalue weighted by Gasteiger charge is -2.38. The van der Waals surface area contributed by atoms with Gasteiger partial charge >= 0.3 is 12.2 Å². The monoisotopic (exact) mass is 383 g/mol. The van der Waals surface area contributed by atoms with Crippen LogP contribution in [0.25, 0.3) is 0 Å². The molecular weight excluding hydrogens is 358 g/mol. The molecule has 0 bridgehead atoms. The zero-order chi connectivity index (χ0) is 19.6. The Morgan fingerprint density at radius 2 is 1.85 bits per heavy atom. The van der Waals surface area contributed by atoms with Gasteiger partial charge in [0.05, 0.1) is 24.9 Å². The van der Waals surface area contributed by atoms with Gasteiger partial charge in [-0.1, -0.05) is 0 Å². The van der Waals surface area contributed by atoms with E-state index in [0.717, 1.165) is 0 Å². The first-order valence-corrected chi connectivity index (χ1v) is 9.21. The first kappa shape index (κ1) is 19.4. The molecule has 3 aliphatic rings. The molecule has 1 unspecified atom stereocenters. The van der Waals surface area contributed by atoms with E-state index >= 15 is 0 Å². The van der Waals surface area contributed by atoms with Crippen LogP contribution in [0, 0.1) is 0 Å². The molecule has 0 radical (unpaired) electrons. The van der Waals surface area contributed by atoms with Crippen molar-refractivity contribution < 1.29 is 33.5 Å². The molecule has 27 heavy (non-hydrogen) atoms. The van der Waals surface area contributed by atoms with Crippen LogP contribution in [0.15, 0.2) is 0 Å². The van der Waals surface area contributed by atoms with Crippen molar-refractivity contribution in [1.82, 2.24) is 14.9 Å². The molecule has 10 nitrogen and oxygen atoms in total. The van der Waals surface area contributed by atoms with Crippen LogP contribution in [0.3, 0.4) is 0 Å². The second kappa shape index (κ2) is 7.71. The molecule has 1 spiro atoms. The largest absolute Gasteiger partial charge is 0.450 e. The number of hydrogen-bond donors (Lipinski definition) is 0. The SMILES string of the molecule is CCOC(=O)N(C)C1COC2(CCN(C(=O)ON3C(=O)CCC3=O)CC2)C1. The van der Waals surface area contributed by atoms with Crippen molar-refractivity contribution in [3.8, 4) is 0 Å². The number of carbonyl (C=O) groups excluding carboxylic acids is 4. The molecule has 0 saturated carbocycles. The molecule has 3 saturated heterocycles. The molecule has 1 atom stereocenters. The zero-order valence-corrected chi connectivity index (χ0v) is 15.6. The van der Waals surface area contributed by atoms with Gasteiger partial charge in [-0.15, -0.1) is 5.06 Å². The number of hydrogen-bond acceptors (Lipinski definition) is 7. The summed E-state index contributed by atoms with van der Waals surface area (Å²) in [5.41, 5.74) is -0.387. The number of rotatable bonds is 3. The van der Waals surface area contributed by atoms with Crippen LogP contribution in [0.4, 0.5) is 9.59 Å². The highest BCUT2D eigenvalue weighted by Crippen LogP contribution is 2.37. The van der Waals surface area contributed by atoms with Crippen LogP contribution in [0.2, 0.25) is 0 Å².